The second-order valence-electron chi connectivity index (χ2n) is 7.10. The molecule has 3 aliphatic heterocycles. The van der Waals surface area contributed by atoms with Gasteiger partial charge in [-0.15, -0.1) is 0 Å². The van der Waals surface area contributed by atoms with Crippen molar-refractivity contribution in [3.05, 3.63) is 29.3 Å². The number of ether oxygens (including phenoxy) is 2. The summed E-state index contributed by atoms with van der Waals surface area (Å²) >= 11 is 0. The van der Waals surface area contributed by atoms with E-state index in [0.717, 1.165) is 30.6 Å². The van der Waals surface area contributed by atoms with Crippen LogP contribution in [-0.4, -0.2) is 56.9 Å². The Balaban J connectivity index is 1.58. The Hall–Kier alpha value is -1.15. The minimum atomic E-state index is -3.33. The highest BCUT2D eigenvalue weighted by atomic mass is 32.2. The van der Waals surface area contributed by atoms with E-state index >= 15 is 0 Å². The third-order valence-corrected chi connectivity index (χ3v) is 7.82. The van der Waals surface area contributed by atoms with Gasteiger partial charge in [-0.2, -0.15) is 17.0 Å². The van der Waals surface area contributed by atoms with Crippen LogP contribution < -0.4 is 4.74 Å². The highest BCUT2D eigenvalue weighted by Gasteiger charge is 2.45. The highest BCUT2D eigenvalue weighted by Crippen LogP contribution is 2.46. The molecule has 1 aromatic carbocycles. The molecule has 7 heteroatoms. The lowest BCUT2D eigenvalue weighted by molar-refractivity contribution is -0.0907. The number of nitrogens with zero attached hydrogens (tertiary/aromatic N) is 2. The third-order valence-electron chi connectivity index (χ3n) is 5.79. The van der Waals surface area contributed by atoms with E-state index in [1.807, 2.05) is 12.1 Å². The van der Waals surface area contributed by atoms with E-state index < -0.39 is 15.8 Å². The number of methoxy groups -OCH3 is 1. The zero-order valence-corrected chi connectivity index (χ0v) is 15.6. The molecule has 3 heterocycles. The Morgan fingerprint density at radius 2 is 1.76 bits per heavy atom. The molecule has 138 valence electrons. The van der Waals surface area contributed by atoms with E-state index in [1.165, 1.54) is 5.56 Å². The van der Waals surface area contributed by atoms with Crippen LogP contribution in [-0.2, 0) is 27.0 Å². The Morgan fingerprint density at radius 3 is 2.44 bits per heavy atom. The van der Waals surface area contributed by atoms with Gasteiger partial charge in [-0.3, -0.25) is 0 Å². The van der Waals surface area contributed by atoms with Gasteiger partial charge in [-0.1, -0.05) is 12.1 Å². The zero-order valence-electron chi connectivity index (χ0n) is 14.7. The average molecular weight is 366 g/mol. The standard InChI is InChI=1S/C18H26N2O4S/c1-23-16-6-4-5-15-7-14-24-18(17(15)16)8-12-20(13-9-18)25(21,22)19-10-2-3-11-19/h4-6H,2-3,7-14H2,1H3. The largest absolute Gasteiger partial charge is 0.496 e. The first kappa shape index (κ1) is 17.3. The Bertz CT molecular complexity index is 721. The van der Waals surface area contributed by atoms with Gasteiger partial charge in [-0.25, -0.2) is 0 Å². The van der Waals surface area contributed by atoms with Crippen molar-refractivity contribution in [1.29, 1.82) is 0 Å². The Kier molecular flexibility index (Phi) is 4.52. The van der Waals surface area contributed by atoms with Crippen LogP contribution in [0.1, 0.15) is 36.8 Å². The van der Waals surface area contributed by atoms with E-state index in [1.54, 1.807) is 15.7 Å². The lowest BCUT2D eigenvalue weighted by atomic mass is 9.79. The van der Waals surface area contributed by atoms with E-state index in [-0.39, 0.29) is 0 Å². The van der Waals surface area contributed by atoms with Crippen LogP contribution in [0.4, 0.5) is 0 Å². The van der Waals surface area contributed by atoms with Gasteiger partial charge in [0.2, 0.25) is 0 Å². The molecule has 1 spiro atoms. The summed E-state index contributed by atoms with van der Waals surface area (Å²) in [5, 5.41) is 0. The first-order valence-corrected chi connectivity index (χ1v) is 10.5. The molecule has 0 bridgehead atoms. The van der Waals surface area contributed by atoms with Crippen LogP contribution in [0.2, 0.25) is 0 Å². The summed E-state index contributed by atoms with van der Waals surface area (Å²) in [5.74, 6) is 0.855. The second-order valence-corrected chi connectivity index (χ2v) is 9.03. The van der Waals surface area contributed by atoms with Gasteiger partial charge in [0.15, 0.2) is 0 Å². The number of hydrogen-bond donors (Lipinski definition) is 0. The maximum atomic E-state index is 12.8. The molecule has 25 heavy (non-hydrogen) atoms. The minimum Gasteiger partial charge on any atom is -0.496 e. The molecule has 4 rings (SSSR count). The van der Waals surface area contributed by atoms with E-state index in [0.29, 0.717) is 45.6 Å². The lowest BCUT2D eigenvalue weighted by Crippen LogP contribution is -2.51. The topological polar surface area (TPSA) is 59.1 Å². The summed E-state index contributed by atoms with van der Waals surface area (Å²) in [4.78, 5) is 0. The van der Waals surface area contributed by atoms with E-state index in [9.17, 15) is 8.42 Å². The van der Waals surface area contributed by atoms with Crippen molar-refractivity contribution >= 4 is 10.2 Å². The van der Waals surface area contributed by atoms with Gasteiger partial charge < -0.3 is 9.47 Å². The maximum Gasteiger partial charge on any atom is 0.281 e. The van der Waals surface area contributed by atoms with Crippen LogP contribution in [0.3, 0.4) is 0 Å². The smallest absolute Gasteiger partial charge is 0.281 e. The Labute approximate surface area is 149 Å². The van der Waals surface area contributed by atoms with Gasteiger partial charge in [0, 0.05) is 31.7 Å². The normalized spacial score (nSPS) is 24.4. The molecular formula is C18H26N2O4S. The van der Waals surface area contributed by atoms with Gasteiger partial charge in [0.05, 0.1) is 19.3 Å². The molecule has 0 radical (unpaired) electrons. The molecule has 2 fully saturated rings. The van der Waals surface area contributed by atoms with Crippen molar-refractivity contribution in [2.75, 3.05) is 39.9 Å². The van der Waals surface area contributed by atoms with Crippen molar-refractivity contribution in [2.24, 2.45) is 0 Å². The molecule has 1 aromatic rings. The molecule has 0 amide bonds. The predicted molar refractivity (Wildman–Crippen MR) is 94.9 cm³/mol. The molecule has 0 aromatic heterocycles. The SMILES string of the molecule is COc1cccc2c1C1(CCN(S(=O)(=O)N3CCCC3)CC1)OCC2. The van der Waals surface area contributed by atoms with E-state index in [2.05, 4.69) is 6.07 Å². The van der Waals surface area contributed by atoms with Crippen LogP contribution in [0.25, 0.3) is 0 Å². The fourth-order valence-corrected chi connectivity index (χ4v) is 6.15. The van der Waals surface area contributed by atoms with Crippen LogP contribution in [0.5, 0.6) is 5.75 Å². The molecule has 0 N–H and O–H groups in total. The predicted octanol–water partition coefficient (Wildman–Crippen LogP) is 1.90. The summed E-state index contributed by atoms with van der Waals surface area (Å²) in [6.07, 6.45) is 4.15. The third kappa shape index (κ3) is 2.87. The maximum absolute atomic E-state index is 12.8. The van der Waals surface area contributed by atoms with Crippen LogP contribution >= 0.6 is 0 Å². The summed E-state index contributed by atoms with van der Waals surface area (Å²) in [5.41, 5.74) is 1.97. The molecular weight excluding hydrogens is 340 g/mol. The number of fused-ring (bicyclic) bond motifs is 2. The van der Waals surface area contributed by atoms with Gasteiger partial charge >= 0.3 is 0 Å². The fourth-order valence-electron chi connectivity index (χ4n) is 4.46. The lowest BCUT2D eigenvalue weighted by Gasteiger charge is -2.45. The van der Waals surface area contributed by atoms with Crippen LogP contribution in [0, 0.1) is 0 Å². The molecule has 0 atom stereocenters. The van der Waals surface area contributed by atoms with Crippen LogP contribution in [0.15, 0.2) is 18.2 Å². The highest BCUT2D eigenvalue weighted by molar-refractivity contribution is 7.86. The molecule has 0 saturated carbocycles. The van der Waals surface area contributed by atoms with Crippen molar-refractivity contribution in [3.63, 3.8) is 0 Å². The summed E-state index contributed by atoms with van der Waals surface area (Å²) in [6, 6.07) is 6.13. The van der Waals surface area contributed by atoms with Crippen molar-refractivity contribution in [1.82, 2.24) is 8.61 Å². The fraction of sp³-hybridized carbons (Fsp3) is 0.667. The quantitative estimate of drug-likeness (QED) is 0.820. The Morgan fingerprint density at radius 1 is 1.08 bits per heavy atom. The molecule has 2 saturated heterocycles. The average Bonchev–Trinajstić information content (AvgIpc) is 3.17. The number of piperidine rings is 1. The van der Waals surface area contributed by atoms with Crippen molar-refractivity contribution in [3.8, 4) is 5.75 Å². The van der Waals surface area contributed by atoms with Gasteiger partial charge in [-0.05, 0) is 43.7 Å². The molecule has 6 nitrogen and oxygen atoms in total. The monoisotopic (exact) mass is 366 g/mol. The molecule has 3 aliphatic rings. The number of hydrogen-bond acceptors (Lipinski definition) is 4. The van der Waals surface area contributed by atoms with Crippen molar-refractivity contribution in [2.45, 2.75) is 37.7 Å². The van der Waals surface area contributed by atoms with Gasteiger partial charge in [0.1, 0.15) is 5.75 Å². The second kappa shape index (κ2) is 6.54. The van der Waals surface area contributed by atoms with Crippen molar-refractivity contribution < 1.29 is 17.9 Å². The molecule has 0 unspecified atom stereocenters. The van der Waals surface area contributed by atoms with E-state index in [4.69, 9.17) is 9.47 Å². The molecule has 0 aliphatic carbocycles. The number of benzene rings is 1. The van der Waals surface area contributed by atoms with Gasteiger partial charge in [0.25, 0.3) is 10.2 Å². The number of rotatable bonds is 3. The first-order valence-electron chi connectivity index (χ1n) is 9.12. The first-order chi connectivity index (χ1) is 12.1. The zero-order chi connectivity index (χ0) is 17.5. The summed E-state index contributed by atoms with van der Waals surface area (Å²) in [7, 11) is -1.64. The minimum absolute atomic E-state index is 0.419. The summed E-state index contributed by atoms with van der Waals surface area (Å²) in [6.45, 7) is 2.97. The summed E-state index contributed by atoms with van der Waals surface area (Å²) < 4.78 is 40.7.